The van der Waals surface area contributed by atoms with Crippen LogP contribution in [0.4, 0.5) is 22.0 Å². The Bertz CT molecular complexity index is 1590. The topological polar surface area (TPSA) is 97.8 Å². The lowest BCUT2D eigenvalue weighted by Crippen LogP contribution is -2.31. The number of halogens is 5. The molecule has 0 bridgehead atoms. The maximum atomic E-state index is 14.5. The summed E-state index contributed by atoms with van der Waals surface area (Å²) >= 11 is 0. The number of allylic oxidation sites excluding steroid dienone is 1. The summed E-state index contributed by atoms with van der Waals surface area (Å²) in [6.07, 6.45) is 0. The molecule has 3 aromatic rings. The molecule has 3 heterocycles. The molecule has 2 aromatic heterocycles. The number of nitrogens with zero attached hydrogens (tertiary/aromatic N) is 2. The van der Waals surface area contributed by atoms with Gasteiger partial charge < -0.3 is 0 Å². The Morgan fingerprint density at radius 1 is 0.875 bits per heavy atom. The molecule has 0 radical (unpaired) electrons. The smallest absolute Gasteiger partial charge is 0.282 e. The summed E-state index contributed by atoms with van der Waals surface area (Å²) in [5, 5.41) is 0. The fraction of sp³-hybridized carbons (Fsp3) is 0.158. The fourth-order valence-corrected chi connectivity index (χ4v) is 4.98. The van der Waals surface area contributed by atoms with E-state index in [1.54, 1.807) is 0 Å². The highest BCUT2D eigenvalue weighted by Gasteiger charge is 2.37. The molecule has 0 amide bonds. The zero-order chi connectivity index (χ0) is 24.0. The number of fused-ring (bicyclic) bond motifs is 2. The number of hydrogen-bond acceptors (Lipinski definition) is 4. The molecule has 0 fully saturated rings. The lowest BCUT2D eigenvalue weighted by Gasteiger charge is -2.12. The second-order valence-corrected chi connectivity index (χ2v) is 8.49. The van der Waals surface area contributed by atoms with Crippen molar-refractivity contribution in [3.8, 4) is 0 Å². The first kappa shape index (κ1) is 21.9. The lowest BCUT2D eigenvalue weighted by atomic mass is 9.97. The van der Waals surface area contributed by atoms with Gasteiger partial charge in [-0.15, -0.1) is 0 Å². The molecule has 1 aliphatic rings. The van der Waals surface area contributed by atoms with E-state index in [9.17, 15) is 44.5 Å². The first-order chi connectivity index (χ1) is 14.7. The van der Waals surface area contributed by atoms with Crippen LogP contribution in [0.1, 0.15) is 34.2 Å². The van der Waals surface area contributed by atoms with Crippen LogP contribution in [0.5, 0.6) is 0 Å². The number of aryl methyl sites for hydroxylation is 2. The molecule has 32 heavy (non-hydrogen) atoms. The minimum Gasteiger partial charge on any atom is -0.282 e. The van der Waals surface area contributed by atoms with Gasteiger partial charge in [0, 0.05) is 16.8 Å². The van der Waals surface area contributed by atoms with E-state index in [-0.39, 0.29) is 16.8 Å². The van der Waals surface area contributed by atoms with Crippen LogP contribution in [0, 0.1) is 42.9 Å². The Hall–Kier alpha value is -3.32. The Kier molecular flexibility index (Phi) is 4.51. The quantitative estimate of drug-likeness (QED) is 0.266. The molecular weight excluding hydrogens is 463 g/mol. The summed E-state index contributed by atoms with van der Waals surface area (Å²) in [5.74, 6) is -12.4. The van der Waals surface area contributed by atoms with Gasteiger partial charge in [-0.25, -0.2) is 31.3 Å². The number of benzene rings is 1. The minimum absolute atomic E-state index is 0.126. The molecule has 1 aromatic carbocycles. The maximum absolute atomic E-state index is 14.5. The van der Waals surface area contributed by atoms with Crippen molar-refractivity contribution in [3.63, 3.8) is 0 Å². The van der Waals surface area contributed by atoms with E-state index in [2.05, 4.69) is 0 Å². The van der Waals surface area contributed by atoms with Gasteiger partial charge in [-0.3, -0.25) is 13.7 Å². The predicted octanol–water partition coefficient (Wildman–Crippen LogP) is 3.14. The molecule has 0 atom stereocenters. The number of hydrogen-bond donors (Lipinski definition) is 1. The van der Waals surface area contributed by atoms with Crippen molar-refractivity contribution in [3.05, 3.63) is 73.7 Å². The van der Waals surface area contributed by atoms with Crippen LogP contribution in [-0.4, -0.2) is 27.8 Å². The number of rotatable bonds is 2. The van der Waals surface area contributed by atoms with Gasteiger partial charge in [0.25, 0.3) is 16.0 Å². The average molecular weight is 474 g/mol. The molecule has 168 valence electrons. The van der Waals surface area contributed by atoms with Crippen LogP contribution >= 0.6 is 0 Å². The Morgan fingerprint density at radius 3 is 1.88 bits per heavy atom. The number of aromatic nitrogens is 2. The molecule has 7 nitrogen and oxygen atoms in total. The zero-order valence-electron chi connectivity index (χ0n) is 16.4. The largest absolute Gasteiger partial charge is 0.340 e. The summed E-state index contributed by atoms with van der Waals surface area (Å²) in [6.45, 7) is 3.45. The van der Waals surface area contributed by atoms with Gasteiger partial charge >= 0.3 is 5.69 Å². The molecule has 13 heteroatoms. The van der Waals surface area contributed by atoms with E-state index >= 15 is 0 Å². The lowest BCUT2D eigenvalue weighted by molar-refractivity contribution is 0.0955. The van der Waals surface area contributed by atoms with Crippen LogP contribution in [0.2, 0.25) is 0 Å². The molecule has 0 saturated heterocycles. The van der Waals surface area contributed by atoms with Crippen molar-refractivity contribution in [2.75, 3.05) is 0 Å². The minimum atomic E-state index is -4.80. The SMILES string of the molecule is CC1=C(c2c(F)c(F)c(F)c(F)c2F)c2cc3c(C)c(S(=O)(=O)O)c(C)n3c(=O)n2C1=O. The van der Waals surface area contributed by atoms with Gasteiger partial charge in [0.15, 0.2) is 23.3 Å². The van der Waals surface area contributed by atoms with E-state index in [0.29, 0.717) is 4.57 Å². The van der Waals surface area contributed by atoms with Crippen molar-refractivity contribution in [1.29, 1.82) is 0 Å². The van der Waals surface area contributed by atoms with Crippen molar-refractivity contribution >= 4 is 27.1 Å². The zero-order valence-corrected chi connectivity index (χ0v) is 17.2. The molecule has 1 aliphatic heterocycles. The van der Waals surface area contributed by atoms with E-state index in [1.807, 2.05) is 0 Å². The van der Waals surface area contributed by atoms with Crippen molar-refractivity contribution < 1.29 is 39.7 Å². The third-order valence-corrected chi connectivity index (χ3v) is 6.52. The third-order valence-electron chi connectivity index (χ3n) is 5.40. The standard InChI is InChI=1S/C19H11F5N2O5S/c1-5-8-4-9-10(11-12(20)14(22)16(24)15(23)13(11)21)6(2)18(27)26(9)19(28)25(8)7(3)17(5)32(29,30)31/h4H,1-3H3,(H,29,30,31). The summed E-state index contributed by atoms with van der Waals surface area (Å²) < 4.78 is 104. The highest BCUT2D eigenvalue weighted by molar-refractivity contribution is 7.86. The second kappa shape index (κ2) is 6.59. The van der Waals surface area contributed by atoms with Gasteiger partial charge in [0.2, 0.25) is 5.82 Å². The van der Waals surface area contributed by atoms with E-state index in [0.717, 1.165) is 17.4 Å². The molecular formula is C19H11F5N2O5S. The highest BCUT2D eigenvalue weighted by atomic mass is 32.2. The Balaban J connectivity index is 2.20. The molecule has 0 aliphatic carbocycles. The maximum Gasteiger partial charge on any atom is 0.340 e. The van der Waals surface area contributed by atoms with Gasteiger partial charge in [-0.05, 0) is 32.4 Å². The van der Waals surface area contributed by atoms with E-state index < -0.39 is 78.1 Å². The molecule has 0 spiro atoms. The van der Waals surface area contributed by atoms with Crippen LogP contribution in [0.15, 0.2) is 21.3 Å². The molecule has 0 unspecified atom stereocenters. The van der Waals surface area contributed by atoms with E-state index in [1.165, 1.54) is 13.8 Å². The summed E-state index contributed by atoms with van der Waals surface area (Å²) in [6, 6.07) is 1.00. The number of carbonyl (C=O) groups is 1. The van der Waals surface area contributed by atoms with Crippen molar-refractivity contribution in [1.82, 2.24) is 8.97 Å². The van der Waals surface area contributed by atoms with Crippen molar-refractivity contribution in [2.24, 2.45) is 0 Å². The fourth-order valence-electron chi connectivity index (χ4n) is 4.02. The van der Waals surface area contributed by atoms with Crippen molar-refractivity contribution in [2.45, 2.75) is 25.7 Å². The summed E-state index contributed by atoms with van der Waals surface area (Å²) in [4.78, 5) is 25.1. The van der Waals surface area contributed by atoms with Gasteiger partial charge in [-0.1, -0.05) is 0 Å². The number of carbonyl (C=O) groups excluding carboxylic acids is 1. The van der Waals surface area contributed by atoms with Gasteiger partial charge in [0.1, 0.15) is 4.90 Å². The molecule has 4 rings (SSSR count). The normalized spacial score (nSPS) is 14.1. The Morgan fingerprint density at radius 2 is 1.38 bits per heavy atom. The first-order valence-electron chi connectivity index (χ1n) is 8.74. The van der Waals surface area contributed by atoms with E-state index in [4.69, 9.17) is 0 Å². The summed E-state index contributed by atoms with van der Waals surface area (Å²) in [7, 11) is -4.80. The molecule has 0 saturated carbocycles. The Labute approximate surface area is 175 Å². The van der Waals surface area contributed by atoms with Gasteiger partial charge in [-0.2, -0.15) is 8.42 Å². The average Bonchev–Trinajstić information content (AvgIpc) is 3.10. The monoisotopic (exact) mass is 474 g/mol. The van der Waals surface area contributed by atoms with Crippen LogP contribution < -0.4 is 5.69 Å². The molecule has 1 N–H and O–H groups in total. The van der Waals surface area contributed by atoms with Gasteiger partial charge in [0.05, 0.1) is 16.8 Å². The second-order valence-electron chi connectivity index (χ2n) is 7.13. The van der Waals surface area contributed by atoms with Crippen LogP contribution in [-0.2, 0) is 10.1 Å². The first-order valence-corrected chi connectivity index (χ1v) is 10.2. The highest BCUT2D eigenvalue weighted by Crippen LogP contribution is 2.39. The third kappa shape index (κ3) is 2.57. The van der Waals surface area contributed by atoms with Crippen LogP contribution in [0.3, 0.4) is 0 Å². The van der Waals surface area contributed by atoms with Crippen LogP contribution in [0.25, 0.3) is 11.1 Å². The predicted molar refractivity (Wildman–Crippen MR) is 99.5 cm³/mol. The summed E-state index contributed by atoms with van der Waals surface area (Å²) in [5.41, 5.74) is -4.77.